The summed E-state index contributed by atoms with van der Waals surface area (Å²) in [5.74, 6) is 0.737. The fourth-order valence-electron chi connectivity index (χ4n) is 2.90. The second-order valence-electron chi connectivity index (χ2n) is 4.61. The number of piperidine rings is 1. The average molecular weight is 188 g/mol. The van der Waals surface area contributed by atoms with Gasteiger partial charge in [-0.2, -0.15) is 0 Å². The van der Waals surface area contributed by atoms with E-state index in [1.807, 2.05) is 6.20 Å². The smallest absolute Gasteiger partial charge is 0.0468 e. The summed E-state index contributed by atoms with van der Waals surface area (Å²) in [4.78, 5) is 7.05. The summed E-state index contributed by atoms with van der Waals surface area (Å²) in [5.41, 5.74) is 2.87. The Morgan fingerprint density at radius 2 is 2.43 bits per heavy atom. The van der Waals surface area contributed by atoms with Crippen LogP contribution in [0, 0.1) is 0 Å². The lowest BCUT2D eigenvalue weighted by Gasteiger charge is -2.41. The number of hydrogen-bond donors (Lipinski definition) is 0. The molecule has 2 unspecified atom stereocenters. The van der Waals surface area contributed by atoms with Gasteiger partial charge in [-0.3, -0.25) is 4.98 Å². The van der Waals surface area contributed by atoms with Crippen molar-refractivity contribution < 1.29 is 0 Å². The first-order valence-electron chi connectivity index (χ1n) is 5.48. The zero-order valence-electron chi connectivity index (χ0n) is 8.61. The van der Waals surface area contributed by atoms with E-state index in [9.17, 15) is 0 Å². The molecule has 2 bridgehead atoms. The molecular formula is C12H16N2. The van der Waals surface area contributed by atoms with E-state index >= 15 is 0 Å². The van der Waals surface area contributed by atoms with Crippen molar-refractivity contribution >= 4 is 0 Å². The minimum absolute atomic E-state index is 0.737. The molecule has 2 heteroatoms. The maximum atomic E-state index is 4.55. The van der Waals surface area contributed by atoms with E-state index in [-0.39, 0.29) is 0 Å². The van der Waals surface area contributed by atoms with Crippen molar-refractivity contribution in [3.8, 4) is 0 Å². The van der Waals surface area contributed by atoms with Gasteiger partial charge in [-0.25, -0.2) is 0 Å². The van der Waals surface area contributed by atoms with Crippen molar-refractivity contribution in [2.75, 3.05) is 13.6 Å². The minimum Gasteiger partial charge on any atom is -0.303 e. The van der Waals surface area contributed by atoms with Crippen molar-refractivity contribution in [1.82, 2.24) is 9.88 Å². The highest BCUT2D eigenvalue weighted by Gasteiger charge is 2.33. The number of hydrogen-bond acceptors (Lipinski definition) is 2. The fourth-order valence-corrected chi connectivity index (χ4v) is 2.90. The summed E-state index contributed by atoms with van der Waals surface area (Å²) in [7, 11) is 2.25. The van der Waals surface area contributed by atoms with E-state index in [1.54, 1.807) is 0 Å². The second-order valence-corrected chi connectivity index (χ2v) is 4.61. The average Bonchev–Trinajstić information content (AvgIpc) is 2.24. The van der Waals surface area contributed by atoms with Gasteiger partial charge in [-0.15, -0.1) is 0 Å². The molecule has 74 valence electrons. The molecule has 1 aliphatic heterocycles. The molecule has 0 amide bonds. The van der Waals surface area contributed by atoms with Crippen LogP contribution in [-0.4, -0.2) is 29.5 Å². The predicted octanol–water partition coefficient (Wildman–Crippen LogP) is 1.82. The summed E-state index contributed by atoms with van der Waals surface area (Å²) in [6.45, 7) is 1.24. The first-order chi connectivity index (χ1) is 6.84. The van der Waals surface area contributed by atoms with Crippen LogP contribution in [0.1, 0.15) is 30.0 Å². The predicted molar refractivity (Wildman–Crippen MR) is 56.3 cm³/mol. The van der Waals surface area contributed by atoms with Gasteiger partial charge in [0.2, 0.25) is 0 Å². The fraction of sp³-hybridized carbons (Fsp3) is 0.583. The number of nitrogens with zero attached hydrogens (tertiary/aromatic N) is 2. The molecule has 2 atom stereocenters. The third-order valence-corrected chi connectivity index (χ3v) is 3.78. The van der Waals surface area contributed by atoms with Crippen LogP contribution in [0.3, 0.4) is 0 Å². The maximum Gasteiger partial charge on any atom is 0.0468 e. The van der Waals surface area contributed by atoms with E-state index in [0.717, 1.165) is 12.0 Å². The number of aromatic nitrogens is 1. The van der Waals surface area contributed by atoms with Gasteiger partial charge in [0.05, 0.1) is 0 Å². The Morgan fingerprint density at radius 3 is 3.36 bits per heavy atom. The van der Waals surface area contributed by atoms with Crippen LogP contribution in [0.4, 0.5) is 0 Å². The number of likely N-dealkylation sites (N-methyl/N-ethyl adjacent to an activating group) is 1. The van der Waals surface area contributed by atoms with Crippen molar-refractivity contribution in [2.45, 2.75) is 31.2 Å². The van der Waals surface area contributed by atoms with E-state index in [1.165, 1.54) is 37.1 Å². The topological polar surface area (TPSA) is 16.1 Å². The van der Waals surface area contributed by atoms with Gasteiger partial charge >= 0.3 is 0 Å². The van der Waals surface area contributed by atoms with Gasteiger partial charge in [-0.1, -0.05) is 6.07 Å². The molecule has 2 nitrogen and oxygen atoms in total. The highest BCUT2D eigenvalue weighted by molar-refractivity contribution is 5.28. The third kappa shape index (κ3) is 1.17. The zero-order valence-corrected chi connectivity index (χ0v) is 8.61. The standard InChI is InChI=1S/C12H16N2/c1-14-6-4-10-8-11(14)7-9-3-2-5-13-12(9)10/h2-3,5,10-11H,4,6-8H2,1H3. The molecule has 1 aromatic rings. The van der Waals surface area contributed by atoms with E-state index < -0.39 is 0 Å². The van der Waals surface area contributed by atoms with Gasteiger partial charge in [0.25, 0.3) is 0 Å². The number of pyridine rings is 1. The monoisotopic (exact) mass is 188 g/mol. The van der Waals surface area contributed by atoms with Gasteiger partial charge in [0.15, 0.2) is 0 Å². The Bertz CT molecular complexity index is 348. The maximum absolute atomic E-state index is 4.55. The molecule has 1 saturated heterocycles. The molecule has 0 spiro atoms. The highest BCUT2D eigenvalue weighted by atomic mass is 15.1. The number of likely N-dealkylation sites (tertiary alicyclic amines) is 1. The SMILES string of the molecule is CN1CCC2CC1Cc1cccnc12. The van der Waals surface area contributed by atoms with Crippen molar-refractivity contribution in [2.24, 2.45) is 0 Å². The van der Waals surface area contributed by atoms with Crippen LogP contribution >= 0.6 is 0 Å². The van der Waals surface area contributed by atoms with Crippen molar-refractivity contribution in [1.29, 1.82) is 0 Å². The molecule has 3 rings (SSSR count). The lowest BCUT2D eigenvalue weighted by molar-refractivity contribution is 0.155. The summed E-state index contributed by atoms with van der Waals surface area (Å²) < 4.78 is 0. The molecule has 14 heavy (non-hydrogen) atoms. The summed E-state index contributed by atoms with van der Waals surface area (Å²) in [5, 5.41) is 0. The second kappa shape index (κ2) is 3.06. The van der Waals surface area contributed by atoms with Crippen LogP contribution in [0.25, 0.3) is 0 Å². The zero-order chi connectivity index (χ0) is 9.54. The van der Waals surface area contributed by atoms with E-state index in [0.29, 0.717) is 0 Å². The van der Waals surface area contributed by atoms with Crippen molar-refractivity contribution in [3.63, 3.8) is 0 Å². The Labute approximate surface area is 85.0 Å². The van der Waals surface area contributed by atoms with Crippen LogP contribution in [-0.2, 0) is 6.42 Å². The molecule has 1 fully saturated rings. The largest absolute Gasteiger partial charge is 0.303 e. The van der Waals surface area contributed by atoms with E-state index in [2.05, 4.69) is 29.1 Å². The molecular weight excluding hydrogens is 172 g/mol. The first kappa shape index (κ1) is 8.42. The summed E-state index contributed by atoms with van der Waals surface area (Å²) in [6.07, 6.45) is 5.76. The van der Waals surface area contributed by atoms with Crippen molar-refractivity contribution in [3.05, 3.63) is 29.6 Å². The van der Waals surface area contributed by atoms with Crippen LogP contribution in [0.2, 0.25) is 0 Å². The Morgan fingerprint density at radius 1 is 1.50 bits per heavy atom. The van der Waals surface area contributed by atoms with E-state index in [4.69, 9.17) is 0 Å². The molecule has 0 saturated carbocycles. The minimum atomic E-state index is 0.737. The van der Waals surface area contributed by atoms with Gasteiger partial charge < -0.3 is 4.90 Å². The van der Waals surface area contributed by atoms with Gasteiger partial charge in [0.1, 0.15) is 0 Å². The van der Waals surface area contributed by atoms with Crippen LogP contribution < -0.4 is 0 Å². The number of fused-ring (bicyclic) bond motifs is 4. The summed E-state index contributed by atoms with van der Waals surface area (Å²) >= 11 is 0. The van der Waals surface area contributed by atoms with Gasteiger partial charge in [-0.05, 0) is 44.5 Å². The Hall–Kier alpha value is -0.890. The molecule has 0 aromatic carbocycles. The molecule has 1 aromatic heterocycles. The normalized spacial score (nSPS) is 31.2. The van der Waals surface area contributed by atoms with Gasteiger partial charge in [0, 0.05) is 23.9 Å². The lowest BCUT2D eigenvalue weighted by Crippen LogP contribution is -2.43. The molecule has 0 N–H and O–H groups in total. The van der Waals surface area contributed by atoms with Crippen LogP contribution in [0.15, 0.2) is 18.3 Å². The molecule has 2 heterocycles. The highest BCUT2D eigenvalue weighted by Crippen LogP contribution is 2.37. The molecule has 0 radical (unpaired) electrons. The molecule has 2 aliphatic rings. The Kier molecular flexibility index (Phi) is 1.84. The quantitative estimate of drug-likeness (QED) is 0.617. The third-order valence-electron chi connectivity index (χ3n) is 3.78. The summed E-state index contributed by atoms with van der Waals surface area (Å²) in [6, 6.07) is 5.09. The van der Waals surface area contributed by atoms with Crippen LogP contribution in [0.5, 0.6) is 0 Å². The Balaban J connectivity index is 2.02. The first-order valence-corrected chi connectivity index (χ1v) is 5.48. The molecule has 1 aliphatic carbocycles. The number of rotatable bonds is 0. The lowest BCUT2D eigenvalue weighted by atomic mass is 9.78.